The number of halogens is 3. The number of Topliss-reactive ketones (excluding diaryl/α,β-unsaturated/α-hetero) is 1. The summed E-state index contributed by atoms with van der Waals surface area (Å²) in [5, 5.41) is 8.85. The molecule has 0 aromatic rings. The first-order valence-corrected chi connectivity index (χ1v) is 5.19. The number of carbonyl (C=O) groups excluding carboxylic acids is 1. The van der Waals surface area contributed by atoms with Gasteiger partial charge in [-0.15, -0.1) is 0 Å². The van der Waals surface area contributed by atoms with Gasteiger partial charge >= 0.3 is 5.97 Å². The number of rotatable bonds is 2. The van der Waals surface area contributed by atoms with Crippen molar-refractivity contribution in [1.29, 1.82) is 0 Å². The maximum Gasteiger partial charge on any atom is 0.341 e. The molecule has 0 radical (unpaired) electrons. The monoisotopic (exact) mass is 271 g/mol. The Labute approximate surface area is 105 Å². The van der Waals surface area contributed by atoms with Gasteiger partial charge < -0.3 is 10.0 Å². The molecule has 2 rings (SSSR count). The number of nitrogens with zero attached hydrogens (tertiary/aromatic N) is 1. The lowest BCUT2D eigenvalue weighted by Gasteiger charge is -2.36. The number of fused-ring (bicyclic) bond motifs is 1. The van der Waals surface area contributed by atoms with Crippen LogP contribution < -0.4 is 0 Å². The zero-order chi connectivity index (χ0) is 14.3. The molecule has 1 heterocycles. The van der Waals surface area contributed by atoms with Crippen LogP contribution in [0.25, 0.3) is 0 Å². The molecular weight excluding hydrogens is 263 g/mol. The second-order valence-corrected chi connectivity index (χ2v) is 3.95. The van der Waals surface area contributed by atoms with E-state index in [1.54, 1.807) is 0 Å². The van der Waals surface area contributed by atoms with Crippen LogP contribution in [0, 0.1) is 0 Å². The van der Waals surface area contributed by atoms with Gasteiger partial charge in [0.1, 0.15) is 5.57 Å². The van der Waals surface area contributed by atoms with Crippen molar-refractivity contribution in [1.82, 2.24) is 4.90 Å². The topological polar surface area (TPSA) is 57.6 Å². The van der Waals surface area contributed by atoms with Crippen molar-refractivity contribution >= 4 is 11.8 Å². The predicted molar refractivity (Wildman–Crippen MR) is 58.8 cm³/mol. The van der Waals surface area contributed by atoms with E-state index in [2.05, 4.69) is 6.58 Å². The Hall–Kier alpha value is -2.31. The van der Waals surface area contributed by atoms with E-state index in [-0.39, 0.29) is 0 Å². The lowest BCUT2D eigenvalue weighted by Crippen LogP contribution is -2.46. The summed E-state index contributed by atoms with van der Waals surface area (Å²) in [6, 6.07) is -1.44. The summed E-state index contributed by atoms with van der Waals surface area (Å²) in [7, 11) is 0. The minimum Gasteiger partial charge on any atom is -0.477 e. The predicted octanol–water partition coefficient (Wildman–Crippen LogP) is 1.78. The molecule has 100 valence electrons. The van der Waals surface area contributed by atoms with Gasteiger partial charge in [-0.1, -0.05) is 6.58 Å². The highest BCUT2D eigenvalue weighted by atomic mass is 19.2. The molecule has 2 aliphatic rings. The van der Waals surface area contributed by atoms with E-state index in [0.717, 1.165) is 17.3 Å². The molecule has 0 saturated heterocycles. The van der Waals surface area contributed by atoms with Gasteiger partial charge in [-0.05, 0) is 12.3 Å². The second-order valence-electron chi connectivity index (χ2n) is 3.95. The molecule has 2 unspecified atom stereocenters. The SMILES string of the molecule is C=CN1C=C(C(=O)O)C(=O)C2=CC(F)=C(F)C(F)C21. The molecule has 0 bridgehead atoms. The molecule has 2 atom stereocenters. The average molecular weight is 271 g/mol. The normalized spacial score (nSPS) is 26.7. The first-order chi connectivity index (χ1) is 8.88. The van der Waals surface area contributed by atoms with E-state index in [1.807, 2.05) is 0 Å². The molecule has 0 fully saturated rings. The molecule has 19 heavy (non-hydrogen) atoms. The van der Waals surface area contributed by atoms with Gasteiger partial charge in [0.2, 0.25) is 0 Å². The zero-order valence-corrected chi connectivity index (χ0v) is 9.44. The summed E-state index contributed by atoms with van der Waals surface area (Å²) in [4.78, 5) is 23.6. The number of carboxylic acid groups (broad SMARTS) is 1. The summed E-state index contributed by atoms with van der Waals surface area (Å²) in [5.41, 5.74) is -1.11. The number of hydrogen-bond acceptors (Lipinski definition) is 3. The first kappa shape index (κ1) is 13.1. The lowest BCUT2D eigenvalue weighted by atomic mass is 9.86. The summed E-state index contributed by atoms with van der Waals surface area (Å²) in [6.07, 6.45) is 0.0125. The van der Waals surface area contributed by atoms with E-state index in [9.17, 15) is 22.8 Å². The standard InChI is InChI=1S/C12H8F3NO3/c1-2-16-4-6(12(18)19)11(17)5-3-7(13)8(14)9(15)10(5)16/h2-4,9-10H,1H2,(H,18,19). The molecule has 0 saturated carbocycles. The Kier molecular flexibility index (Phi) is 3.05. The van der Waals surface area contributed by atoms with Gasteiger partial charge in [-0.25, -0.2) is 18.0 Å². The van der Waals surface area contributed by atoms with Crippen molar-refractivity contribution in [3.63, 3.8) is 0 Å². The third-order valence-corrected chi connectivity index (χ3v) is 2.90. The summed E-state index contributed by atoms with van der Waals surface area (Å²) in [6.45, 7) is 3.32. The minimum absolute atomic E-state index is 0.453. The van der Waals surface area contributed by atoms with Crippen molar-refractivity contribution < 1.29 is 27.9 Å². The summed E-state index contributed by atoms with van der Waals surface area (Å²) >= 11 is 0. The number of ketones is 1. The maximum atomic E-state index is 13.8. The van der Waals surface area contributed by atoms with Gasteiger partial charge in [0.15, 0.2) is 23.6 Å². The van der Waals surface area contributed by atoms with Crippen LogP contribution in [-0.2, 0) is 9.59 Å². The summed E-state index contributed by atoms with van der Waals surface area (Å²) < 4.78 is 40.1. The maximum absolute atomic E-state index is 13.8. The highest BCUT2D eigenvalue weighted by Gasteiger charge is 2.44. The molecular formula is C12H8F3NO3. The number of alkyl halides is 1. The van der Waals surface area contributed by atoms with Crippen molar-refractivity contribution in [3.8, 4) is 0 Å². The van der Waals surface area contributed by atoms with Crippen molar-refractivity contribution in [2.75, 3.05) is 0 Å². The number of hydrogen-bond donors (Lipinski definition) is 1. The van der Waals surface area contributed by atoms with E-state index < -0.39 is 46.8 Å². The van der Waals surface area contributed by atoms with Gasteiger partial charge in [0.25, 0.3) is 0 Å². The zero-order valence-electron chi connectivity index (χ0n) is 9.44. The smallest absolute Gasteiger partial charge is 0.341 e. The van der Waals surface area contributed by atoms with Crippen LogP contribution in [0.4, 0.5) is 13.2 Å². The quantitative estimate of drug-likeness (QED) is 0.778. The molecule has 7 heteroatoms. The summed E-state index contributed by atoms with van der Waals surface area (Å²) in [5.74, 6) is -5.72. The second kappa shape index (κ2) is 4.42. The van der Waals surface area contributed by atoms with Crippen LogP contribution in [0.15, 0.2) is 47.9 Å². The molecule has 0 aromatic carbocycles. The number of aliphatic carboxylic acids is 1. The lowest BCUT2D eigenvalue weighted by molar-refractivity contribution is -0.134. The number of carboxylic acids is 1. The third-order valence-electron chi connectivity index (χ3n) is 2.90. The fraction of sp³-hybridized carbons (Fsp3) is 0.167. The Balaban J connectivity index is 2.61. The molecule has 0 amide bonds. The fourth-order valence-electron chi connectivity index (χ4n) is 1.99. The van der Waals surface area contributed by atoms with Crippen molar-refractivity contribution in [2.45, 2.75) is 12.2 Å². The number of allylic oxidation sites excluding steroid dienone is 2. The molecule has 1 N–H and O–H groups in total. The highest BCUT2D eigenvalue weighted by molar-refractivity contribution is 6.24. The van der Waals surface area contributed by atoms with Crippen molar-refractivity contribution in [3.05, 3.63) is 47.9 Å². The number of carbonyl (C=O) groups is 2. The van der Waals surface area contributed by atoms with Gasteiger partial charge in [0.05, 0.1) is 6.04 Å². The van der Waals surface area contributed by atoms with Gasteiger partial charge in [-0.3, -0.25) is 4.79 Å². The Morgan fingerprint density at radius 3 is 2.63 bits per heavy atom. The van der Waals surface area contributed by atoms with Gasteiger partial charge in [0, 0.05) is 11.8 Å². The van der Waals surface area contributed by atoms with Crippen LogP contribution >= 0.6 is 0 Å². The van der Waals surface area contributed by atoms with Crippen LogP contribution in [0.5, 0.6) is 0 Å². The largest absolute Gasteiger partial charge is 0.477 e. The van der Waals surface area contributed by atoms with Crippen molar-refractivity contribution in [2.24, 2.45) is 0 Å². The third kappa shape index (κ3) is 1.87. The molecule has 0 aromatic heterocycles. The molecule has 1 aliphatic heterocycles. The Bertz CT molecular complexity index is 577. The Morgan fingerprint density at radius 2 is 2.11 bits per heavy atom. The molecule has 0 spiro atoms. The minimum atomic E-state index is -2.39. The van der Waals surface area contributed by atoms with Gasteiger partial charge in [-0.2, -0.15) is 0 Å². The van der Waals surface area contributed by atoms with Crippen LogP contribution in [0.1, 0.15) is 0 Å². The van der Waals surface area contributed by atoms with Crippen LogP contribution in [0.3, 0.4) is 0 Å². The van der Waals surface area contributed by atoms with E-state index >= 15 is 0 Å². The molecule has 1 aliphatic carbocycles. The molecule has 4 nitrogen and oxygen atoms in total. The fourth-order valence-corrected chi connectivity index (χ4v) is 1.99. The van der Waals surface area contributed by atoms with Crippen LogP contribution in [-0.4, -0.2) is 34.0 Å². The highest BCUT2D eigenvalue weighted by Crippen LogP contribution is 2.36. The first-order valence-electron chi connectivity index (χ1n) is 5.19. The van der Waals surface area contributed by atoms with E-state index in [4.69, 9.17) is 5.11 Å². The Morgan fingerprint density at radius 1 is 1.47 bits per heavy atom. The van der Waals surface area contributed by atoms with E-state index in [0.29, 0.717) is 6.08 Å². The van der Waals surface area contributed by atoms with Crippen LogP contribution in [0.2, 0.25) is 0 Å². The average Bonchev–Trinajstić information content (AvgIpc) is 2.37. The van der Waals surface area contributed by atoms with E-state index in [1.165, 1.54) is 0 Å².